The SMILES string of the molecule is CC(=O)C[C@@H]1C(=O)N2C(C(=O)OCOC(=O)C(C)(C)C)=C(Cc3ccccc3)S[C@H]12. The number of thioether (sulfide) groups is 1. The van der Waals surface area contributed by atoms with E-state index >= 15 is 0 Å². The Morgan fingerprint density at radius 3 is 2.37 bits per heavy atom. The number of rotatable bonds is 7. The number of carbonyl (C=O) groups is 4. The number of carbonyl (C=O) groups excluding carboxylic acids is 4. The smallest absolute Gasteiger partial charge is 0.358 e. The van der Waals surface area contributed by atoms with Gasteiger partial charge in [0.1, 0.15) is 11.5 Å². The van der Waals surface area contributed by atoms with Crippen molar-refractivity contribution in [1.82, 2.24) is 4.90 Å². The molecule has 2 aliphatic heterocycles. The van der Waals surface area contributed by atoms with Crippen molar-refractivity contribution in [3.05, 3.63) is 46.5 Å². The Hall–Kier alpha value is -2.61. The molecule has 1 fully saturated rings. The molecule has 0 bridgehead atoms. The summed E-state index contributed by atoms with van der Waals surface area (Å²) in [5, 5.41) is -0.292. The van der Waals surface area contributed by atoms with Gasteiger partial charge in [-0.25, -0.2) is 4.79 Å². The second-order valence-electron chi connectivity index (χ2n) is 8.39. The summed E-state index contributed by atoms with van der Waals surface area (Å²) >= 11 is 1.41. The number of Topliss-reactive ketones (excluding diaryl/α,β-unsaturated/α-hetero) is 1. The van der Waals surface area contributed by atoms with E-state index in [1.54, 1.807) is 20.8 Å². The Morgan fingerprint density at radius 2 is 1.77 bits per heavy atom. The van der Waals surface area contributed by atoms with E-state index in [0.29, 0.717) is 11.3 Å². The number of ketones is 1. The van der Waals surface area contributed by atoms with Crippen LogP contribution in [0.3, 0.4) is 0 Å². The van der Waals surface area contributed by atoms with Crippen LogP contribution in [0.4, 0.5) is 0 Å². The molecule has 0 unspecified atom stereocenters. The Balaban J connectivity index is 1.76. The van der Waals surface area contributed by atoms with Gasteiger partial charge in [0.2, 0.25) is 12.7 Å². The molecule has 160 valence electrons. The zero-order valence-electron chi connectivity index (χ0n) is 17.5. The lowest BCUT2D eigenvalue weighted by molar-refractivity contribution is -0.173. The van der Waals surface area contributed by atoms with Gasteiger partial charge in [-0.2, -0.15) is 0 Å². The zero-order valence-corrected chi connectivity index (χ0v) is 18.3. The third-order valence-corrected chi connectivity index (χ3v) is 6.23. The molecule has 2 atom stereocenters. The summed E-state index contributed by atoms with van der Waals surface area (Å²) in [6.07, 6.45) is 0.613. The second kappa shape index (κ2) is 8.63. The first kappa shape index (κ1) is 22.1. The summed E-state index contributed by atoms with van der Waals surface area (Å²) in [6.45, 7) is 6.02. The zero-order chi connectivity index (χ0) is 22.1. The maximum absolute atomic E-state index is 12.8. The maximum atomic E-state index is 12.8. The first-order valence-electron chi connectivity index (χ1n) is 9.70. The Kier molecular flexibility index (Phi) is 6.36. The number of esters is 2. The molecule has 0 aliphatic carbocycles. The predicted octanol–water partition coefficient (Wildman–Crippen LogP) is 3.04. The molecule has 30 heavy (non-hydrogen) atoms. The molecule has 0 aromatic heterocycles. The number of hydrogen-bond donors (Lipinski definition) is 0. The van der Waals surface area contributed by atoms with Crippen LogP contribution in [-0.2, 0) is 35.1 Å². The lowest BCUT2D eigenvalue weighted by Crippen LogP contribution is -2.57. The largest absolute Gasteiger partial charge is 0.427 e. The van der Waals surface area contributed by atoms with E-state index in [1.165, 1.54) is 23.6 Å². The van der Waals surface area contributed by atoms with Crippen LogP contribution < -0.4 is 0 Å². The lowest BCUT2D eigenvalue weighted by atomic mass is 9.92. The summed E-state index contributed by atoms with van der Waals surface area (Å²) in [7, 11) is 0. The third kappa shape index (κ3) is 4.59. The van der Waals surface area contributed by atoms with Gasteiger partial charge in [-0.3, -0.25) is 14.5 Å². The van der Waals surface area contributed by atoms with Gasteiger partial charge in [-0.05, 0) is 33.3 Å². The maximum Gasteiger partial charge on any atom is 0.358 e. The van der Waals surface area contributed by atoms with Crippen molar-refractivity contribution in [3.63, 3.8) is 0 Å². The Morgan fingerprint density at radius 1 is 1.10 bits per heavy atom. The van der Waals surface area contributed by atoms with Gasteiger partial charge < -0.3 is 14.3 Å². The topological polar surface area (TPSA) is 90.0 Å². The number of fused-ring (bicyclic) bond motifs is 1. The molecule has 2 aliphatic rings. The summed E-state index contributed by atoms with van der Waals surface area (Å²) in [4.78, 5) is 50.9. The number of hydrogen-bond acceptors (Lipinski definition) is 7. The highest BCUT2D eigenvalue weighted by atomic mass is 32.2. The van der Waals surface area contributed by atoms with Crippen molar-refractivity contribution < 1.29 is 28.7 Å². The molecule has 1 aromatic rings. The Bertz CT molecular complexity index is 902. The lowest BCUT2D eigenvalue weighted by Gasteiger charge is -2.42. The molecular formula is C22H25NO6S. The van der Waals surface area contributed by atoms with Crippen LogP contribution in [0.25, 0.3) is 0 Å². The molecule has 8 heteroatoms. The van der Waals surface area contributed by atoms with Crippen molar-refractivity contribution in [2.45, 2.75) is 45.9 Å². The molecule has 1 saturated heterocycles. The molecule has 0 N–H and O–H groups in total. The molecule has 7 nitrogen and oxygen atoms in total. The van der Waals surface area contributed by atoms with Crippen LogP contribution in [0.5, 0.6) is 0 Å². The van der Waals surface area contributed by atoms with Gasteiger partial charge in [-0.15, -0.1) is 11.8 Å². The Labute approximate surface area is 179 Å². The van der Waals surface area contributed by atoms with Crippen molar-refractivity contribution in [2.75, 3.05) is 6.79 Å². The molecule has 1 amide bonds. The highest BCUT2D eigenvalue weighted by Gasteiger charge is 2.56. The van der Waals surface area contributed by atoms with Gasteiger partial charge >= 0.3 is 11.9 Å². The van der Waals surface area contributed by atoms with Crippen LogP contribution in [-0.4, -0.2) is 40.7 Å². The van der Waals surface area contributed by atoms with E-state index < -0.39 is 30.1 Å². The first-order valence-corrected chi connectivity index (χ1v) is 10.6. The van der Waals surface area contributed by atoms with Gasteiger partial charge in [0.15, 0.2) is 0 Å². The van der Waals surface area contributed by atoms with Crippen molar-refractivity contribution in [1.29, 1.82) is 0 Å². The van der Waals surface area contributed by atoms with E-state index in [-0.39, 0.29) is 29.2 Å². The summed E-state index contributed by atoms with van der Waals surface area (Å²) in [6, 6.07) is 9.58. The highest BCUT2D eigenvalue weighted by molar-refractivity contribution is 8.04. The molecular weight excluding hydrogens is 406 g/mol. The molecule has 3 rings (SSSR count). The van der Waals surface area contributed by atoms with Gasteiger partial charge in [0.05, 0.1) is 16.7 Å². The fourth-order valence-electron chi connectivity index (χ4n) is 3.27. The minimum absolute atomic E-state index is 0.0664. The average molecular weight is 432 g/mol. The summed E-state index contributed by atoms with van der Waals surface area (Å²) in [5.41, 5.74) is 0.444. The number of nitrogens with zero attached hydrogens (tertiary/aromatic N) is 1. The summed E-state index contributed by atoms with van der Waals surface area (Å²) in [5.74, 6) is -1.98. The number of β-lactam (4-membered cyclic amide) rings is 1. The summed E-state index contributed by atoms with van der Waals surface area (Å²) < 4.78 is 10.2. The van der Waals surface area contributed by atoms with E-state index in [9.17, 15) is 19.2 Å². The third-order valence-electron chi connectivity index (χ3n) is 4.82. The van der Waals surface area contributed by atoms with Gasteiger partial charge in [-0.1, -0.05) is 30.3 Å². The van der Waals surface area contributed by atoms with Crippen LogP contribution in [0.2, 0.25) is 0 Å². The molecule has 0 spiro atoms. The molecule has 1 aromatic carbocycles. The standard InChI is InChI=1S/C22H25NO6S/c1-13(24)10-15-18(25)23-17(20(26)28-12-29-21(27)22(2,3)4)16(30-19(15)23)11-14-8-6-5-7-9-14/h5-9,15,19H,10-12H2,1-4H3/t15-,19-/m1/s1. The van der Waals surface area contributed by atoms with E-state index in [2.05, 4.69) is 0 Å². The van der Waals surface area contributed by atoms with Gasteiger partial charge in [0, 0.05) is 17.7 Å². The molecule has 0 radical (unpaired) electrons. The number of benzene rings is 1. The molecule has 2 heterocycles. The first-order chi connectivity index (χ1) is 14.1. The van der Waals surface area contributed by atoms with Crippen LogP contribution in [0.1, 0.15) is 39.7 Å². The van der Waals surface area contributed by atoms with E-state index in [1.807, 2.05) is 30.3 Å². The monoisotopic (exact) mass is 431 g/mol. The quantitative estimate of drug-likeness (QED) is 0.372. The minimum atomic E-state index is -0.716. The average Bonchev–Trinajstić information content (AvgIpc) is 3.01. The fourth-order valence-corrected chi connectivity index (χ4v) is 4.80. The highest BCUT2D eigenvalue weighted by Crippen LogP contribution is 2.51. The van der Waals surface area contributed by atoms with Gasteiger partial charge in [0.25, 0.3) is 0 Å². The fraction of sp³-hybridized carbons (Fsp3) is 0.455. The molecule has 0 saturated carbocycles. The van der Waals surface area contributed by atoms with Crippen LogP contribution in [0.15, 0.2) is 40.9 Å². The predicted molar refractivity (Wildman–Crippen MR) is 111 cm³/mol. The van der Waals surface area contributed by atoms with Crippen LogP contribution in [0, 0.1) is 11.3 Å². The van der Waals surface area contributed by atoms with E-state index in [0.717, 1.165) is 5.56 Å². The van der Waals surface area contributed by atoms with Crippen LogP contribution >= 0.6 is 11.8 Å². The number of ether oxygens (including phenoxy) is 2. The minimum Gasteiger partial charge on any atom is -0.427 e. The number of allylic oxidation sites excluding steroid dienone is 1. The van der Waals surface area contributed by atoms with Crippen molar-refractivity contribution >= 4 is 35.4 Å². The second-order valence-corrected chi connectivity index (χ2v) is 9.61. The van der Waals surface area contributed by atoms with Crippen molar-refractivity contribution in [2.24, 2.45) is 11.3 Å². The van der Waals surface area contributed by atoms with Crippen molar-refractivity contribution in [3.8, 4) is 0 Å². The van der Waals surface area contributed by atoms with E-state index in [4.69, 9.17) is 9.47 Å². The normalized spacial score (nSPS) is 20.5. The number of amides is 1.